The van der Waals surface area contributed by atoms with E-state index in [2.05, 4.69) is 4.99 Å². The van der Waals surface area contributed by atoms with Gasteiger partial charge in [-0.15, -0.1) is 0 Å². The van der Waals surface area contributed by atoms with Crippen molar-refractivity contribution in [2.75, 3.05) is 0 Å². The van der Waals surface area contributed by atoms with Crippen LogP contribution in [0.1, 0.15) is 32.6 Å². The van der Waals surface area contributed by atoms with E-state index in [1.54, 1.807) is 41.9 Å². The molecule has 1 amide bonds. The number of fused-ring (bicyclic) bond motifs is 2. The number of alkyl halides is 3. The van der Waals surface area contributed by atoms with Crippen LogP contribution in [0.25, 0.3) is 11.1 Å². The van der Waals surface area contributed by atoms with Crippen LogP contribution in [0.2, 0.25) is 0 Å². The number of carbonyl (C=O) groups is 1. The molecule has 0 saturated carbocycles. The van der Waals surface area contributed by atoms with Gasteiger partial charge >= 0.3 is 6.18 Å². The average Bonchev–Trinajstić information content (AvgIpc) is 3.41. The summed E-state index contributed by atoms with van der Waals surface area (Å²) in [5, 5.41) is 9.02. The standard InChI is InChI=1S/C24H18F3N3O2/c25-24(26,27)16-9-18(14-5-2-1-3-6-14)19-11-22(28-21(19)10-16)30-12-15-7-4-8-17(20(15)13-30)23(31)29-32/h1-10,32H,11-13H2,(H,29,31). The summed E-state index contributed by atoms with van der Waals surface area (Å²) in [5.41, 5.74) is 5.29. The lowest BCUT2D eigenvalue weighted by Crippen LogP contribution is -2.26. The highest BCUT2D eigenvalue weighted by atomic mass is 19.4. The Labute approximate surface area is 181 Å². The Hall–Kier alpha value is -3.65. The van der Waals surface area contributed by atoms with Gasteiger partial charge in [0.05, 0.1) is 11.3 Å². The van der Waals surface area contributed by atoms with Gasteiger partial charge in [0, 0.05) is 25.1 Å². The number of hydrogen-bond acceptors (Lipinski definition) is 4. The van der Waals surface area contributed by atoms with Gasteiger partial charge in [0.25, 0.3) is 5.91 Å². The molecule has 162 valence electrons. The fourth-order valence-corrected chi connectivity index (χ4v) is 4.38. The Bertz CT molecular complexity index is 1250. The van der Waals surface area contributed by atoms with Gasteiger partial charge in [-0.3, -0.25) is 10.0 Å². The summed E-state index contributed by atoms with van der Waals surface area (Å²) >= 11 is 0. The lowest BCUT2D eigenvalue weighted by molar-refractivity contribution is -0.137. The fourth-order valence-electron chi connectivity index (χ4n) is 4.38. The van der Waals surface area contributed by atoms with Crippen molar-refractivity contribution in [2.24, 2.45) is 4.99 Å². The molecule has 0 spiro atoms. The molecule has 0 fully saturated rings. The normalized spacial score (nSPS) is 14.8. The zero-order valence-electron chi connectivity index (χ0n) is 16.8. The maximum absolute atomic E-state index is 13.6. The molecule has 0 saturated heterocycles. The van der Waals surface area contributed by atoms with Gasteiger partial charge in [-0.25, -0.2) is 10.5 Å². The summed E-state index contributed by atoms with van der Waals surface area (Å²) in [4.78, 5) is 18.5. The molecule has 3 aromatic rings. The van der Waals surface area contributed by atoms with E-state index >= 15 is 0 Å². The third-order valence-corrected chi connectivity index (χ3v) is 5.92. The molecule has 0 aliphatic carbocycles. The first-order chi connectivity index (χ1) is 15.3. The Morgan fingerprint density at radius 2 is 1.78 bits per heavy atom. The molecule has 2 N–H and O–H groups in total. The highest BCUT2D eigenvalue weighted by Crippen LogP contribution is 2.42. The topological polar surface area (TPSA) is 64.9 Å². The number of hydroxylamine groups is 1. The number of nitrogens with zero attached hydrogens (tertiary/aromatic N) is 2. The molecule has 0 radical (unpaired) electrons. The van der Waals surface area contributed by atoms with Crippen LogP contribution in [-0.2, 0) is 25.7 Å². The number of benzene rings is 3. The molecule has 0 bridgehead atoms. The maximum Gasteiger partial charge on any atom is 0.416 e. The molecule has 3 aromatic carbocycles. The first-order valence-electron chi connectivity index (χ1n) is 10.0. The van der Waals surface area contributed by atoms with E-state index in [4.69, 9.17) is 5.21 Å². The summed E-state index contributed by atoms with van der Waals surface area (Å²) < 4.78 is 40.7. The number of amides is 1. The molecule has 0 unspecified atom stereocenters. The Morgan fingerprint density at radius 1 is 1.00 bits per heavy atom. The molecule has 2 aliphatic heterocycles. The van der Waals surface area contributed by atoms with Gasteiger partial charge in [0.1, 0.15) is 5.84 Å². The van der Waals surface area contributed by atoms with Crippen LogP contribution in [0.15, 0.2) is 65.7 Å². The van der Waals surface area contributed by atoms with Crippen molar-refractivity contribution >= 4 is 17.4 Å². The molecular formula is C24H18F3N3O2. The summed E-state index contributed by atoms with van der Waals surface area (Å²) in [6.07, 6.45) is -4.08. The van der Waals surface area contributed by atoms with Crippen molar-refractivity contribution in [3.8, 4) is 11.1 Å². The molecule has 2 heterocycles. The predicted molar refractivity (Wildman–Crippen MR) is 113 cm³/mol. The van der Waals surface area contributed by atoms with E-state index in [1.807, 2.05) is 17.0 Å². The number of halogens is 3. The minimum atomic E-state index is -4.48. The highest BCUT2D eigenvalue weighted by Gasteiger charge is 2.35. The van der Waals surface area contributed by atoms with Gasteiger partial charge in [-0.2, -0.15) is 13.2 Å². The van der Waals surface area contributed by atoms with Gasteiger partial charge in [0.2, 0.25) is 0 Å². The number of carbonyl (C=O) groups excluding carboxylic acids is 1. The van der Waals surface area contributed by atoms with Crippen molar-refractivity contribution in [3.63, 3.8) is 0 Å². The van der Waals surface area contributed by atoms with E-state index in [0.717, 1.165) is 22.8 Å². The summed E-state index contributed by atoms with van der Waals surface area (Å²) in [7, 11) is 0. The Balaban J connectivity index is 1.52. The smallest absolute Gasteiger partial charge is 0.351 e. The van der Waals surface area contributed by atoms with Crippen LogP contribution in [-0.4, -0.2) is 21.8 Å². The van der Waals surface area contributed by atoms with Gasteiger partial charge < -0.3 is 4.90 Å². The van der Waals surface area contributed by atoms with E-state index < -0.39 is 17.6 Å². The predicted octanol–water partition coefficient (Wildman–Crippen LogP) is 5.09. The van der Waals surface area contributed by atoms with Gasteiger partial charge in [0.15, 0.2) is 0 Å². The van der Waals surface area contributed by atoms with Crippen molar-refractivity contribution in [3.05, 3.63) is 88.5 Å². The highest BCUT2D eigenvalue weighted by molar-refractivity contribution is 5.98. The van der Waals surface area contributed by atoms with E-state index in [9.17, 15) is 18.0 Å². The fraction of sp³-hybridized carbons (Fsp3) is 0.167. The number of amidine groups is 1. The van der Waals surface area contributed by atoms with Crippen molar-refractivity contribution in [1.29, 1.82) is 0 Å². The number of nitrogens with one attached hydrogen (secondary N) is 1. The van der Waals surface area contributed by atoms with Crippen LogP contribution >= 0.6 is 0 Å². The Morgan fingerprint density at radius 3 is 2.50 bits per heavy atom. The molecule has 2 aliphatic rings. The lowest BCUT2D eigenvalue weighted by atomic mass is 9.94. The van der Waals surface area contributed by atoms with E-state index in [-0.39, 0.29) is 0 Å². The molecule has 32 heavy (non-hydrogen) atoms. The summed E-state index contributed by atoms with van der Waals surface area (Å²) in [5.74, 6) is 0.0598. The number of rotatable bonds is 2. The van der Waals surface area contributed by atoms with Gasteiger partial charge in [-0.1, -0.05) is 42.5 Å². The lowest BCUT2D eigenvalue weighted by Gasteiger charge is -2.17. The molecule has 5 nitrogen and oxygen atoms in total. The largest absolute Gasteiger partial charge is 0.416 e. The molecule has 5 rings (SSSR count). The van der Waals surface area contributed by atoms with Crippen molar-refractivity contribution in [1.82, 2.24) is 10.4 Å². The zero-order valence-corrected chi connectivity index (χ0v) is 16.8. The third kappa shape index (κ3) is 3.42. The summed E-state index contributed by atoms with van der Waals surface area (Å²) in [6, 6.07) is 16.5. The minimum Gasteiger partial charge on any atom is -0.351 e. The maximum atomic E-state index is 13.6. The average molecular weight is 437 g/mol. The second-order valence-electron chi connectivity index (χ2n) is 7.83. The van der Waals surface area contributed by atoms with Crippen LogP contribution in [0.3, 0.4) is 0 Å². The molecule has 8 heteroatoms. The third-order valence-electron chi connectivity index (χ3n) is 5.92. The van der Waals surface area contributed by atoms with Crippen LogP contribution in [0, 0.1) is 0 Å². The second-order valence-corrected chi connectivity index (χ2v) is 7.83. The number of hydrogen-bond donors (Lipinski definition) is 2. The van der Waals surface area contributed by atoms with Crippen LogP contribution in [0.5, 0.6) is 0 Å². The van der Waals surface area contributed by atoms with Crippen molar-refractivity contribution < 1.29 is 23.2 Å². The number of aliphatic imine (C=N–C) groups is 1. The molecule has 0 aromatic heterocycles. The van der Waals surface area contributed by atoms with E-state index in [0.29, 0.717) is 47.7 Å². The van der Waals surface area contributed by atoms with Crippen molar-refractivity contribution in [2.45, 2.75) is 25.7 Å². The van der Waals surface area contributed by atoms with Crippen LogP contribution < -0.4 is 5.48 Å². The first-order valence-corrected chi connectivity index (χ1v) is 10.0. The molecular weight excluding hydrogens is 419 g/mol. The van der Waals surface area contributed by atoms with Gasteiger partial charge in [-0.05, 0) is 46.0 Å². The molecule has 0 atom stereocenters. The van der Waals surface area contributed by atoms with E-state index in [1.165, 1.54) is 6.07 Å². The van der Waals surface area contributed by atoms with Crippen LogP contribution in [0.4, 0.5) is 18.9 Å². The zero-order chi connectivity index (χ0) is 22.5. The quantitative estimate of drug-likeness (QED) is 0.433. The first kappa shape index (κ1) is 20.3. The second kappa shape index (κ2) is 7.49. The Kier molecular flexibility index (Phi) is 4.74. The summed E-state index contributed by atoms with van der Waals surface area (Å²) in [6.45, 7) is 0.875. The minimum absolute atomic E-state index is 0.318. The monoisotopic (exact) mass is 437 g/mol. The SMILES string of the molecule is O=C(NO)c1cccc2c1CN(C1=Nc3cc(C(F)(F)F)cc(-c4ccccc4)c3C1)C2.